The van der Waals surface area contributed by atoms with Crippen LogP contribution in [0.2, 0.25) is 0 Å². The van der Waals surface area contributed by atoms with Crippen LogP contribution in [0.3, 0.4) is 0 Å². The first-order valence-corrected chi connectivity index (χ1v) is 8.30. The number of methoxy groups -OCH3 is 1. The van der Waals surface area contributed by atoms with Crippen LogP contribution in [-0.4, -0.2) is 21.3 Å². The fourth-order valence-corrected chi connectivity index (χ4v) is 3.38. The molecule has 0 amide bonds. The molecule has 0 heterocycles. The smallest absolute Gasteiger partial charge is 0.361 e. The highest BCUT2D eigenvalue weighted by Crippen LogP contribution is 2.60. The molecule has 0 fully saturated rings. The van der Waals surface area contributed by atoms with Gasteiger partial charge in [-0.05, 0) is 29.3 Å². The molecule has 0 aliphatic heterocycles. The molecule has 5 heteroatoms. The highest BCUT2D eigenvalue weighted by molar-refractivity contribution is 7.65. The van der Waals surface area contributed by atoms with Crippen LogP contribution < -0.4 is 4.74 Å². The molecule has 0 aliphatic rings. The van der Waals surface area contributed by atoms with Crippen LogP contribution in [0.25, 0.3) is 11.4 Å². The van der Waals surface area contributed by atoms with E-state index >= 15 is 0 Å². The van der Waals surface area contributed by atoms with Crippen LogP contribution >= 0.6 is 7.60 Å². The van der Waals surface area contributed by atoms with E-state index in [2.05, 4.69) is 0 Å². The van der Waals surface area contributed by atoms with Crippen molar-refractivity contribution < 1.29 is 18.3 Å². The molecule has 116 valence electrons. The standard InChI is InChI=1S/C17H19O4P/c1-19-16-11-9-15(10-12-16)17(22(18,20-2)21-3)13-14-7-5-4-6-8-14/h4-13H,1-3H3/b17-13+. The summed E-state index contributed by atoms with van der Waals surface area (Å²) < 4.78 is 28.4. The fraction of sp³-hybridized carbons (Fsp3) is 0.176. The lowest BCUT2D eigenvalue weighted by molar-refractivity contribution is 0.288. The molecule has 0 radical (unpaired) electrons. The molecule has 0 bridgehead atoms. The lowest BCUT2D eigenvalue weighted by Crippen LogP contribution is -1.94. The van der Waals surface area contributed by atoms with Gasteiger partial charge < -0.3 is 13.8 Å². The van der Waals surface area contributed by atoms with Gasteiger partial charge in [-0.1, -0.05) is 42.5 Å². The van der Waals surface area contributed by atoms with Crippen LogP contribution in [0.4, 0.5) is 0 Å². The van der Waals surface area contributed by atoms with Crippen LogP contribution in [0.15, 0.2) is 54.6 Å². The van der Waals surface area contributed by atoms with E-state index in [0.717, 1.165) is 16.9 Å². The summed E-state index contributed by atoms with van der Waals surface area (Å²) in [7, 11) is 0.983. The summed E-state index contributed by atoms with van der Waals surface area (Å²) in [5, 5.41) is 0.506. The number of hydrogen-bond donors (Lipinski definition) is 0. The van der Waals surface area contributed by atoms with Crippen molar-refractivity contribution in [1.82, 2.24) is 0 Å². The third-order valence-corrected chi connectivity index (χ3v) is 5.20. The highest BCUT2D eigenvalue weighted by atomic mass is 31.2. The van der Waals surface area contributed by atoms with E-state index in [-0.39, 0.29) is 0 Å². The van der Waals surface area contributed by atoms with Crippen molar-refractivity contribution in [2.75, 3.05) is 21.3 Å². The van der Waals surface area contributed by atoms with E-state index in [1.54, 1.807) is 7.11 Å². The zero-order valence-corrected chi connectivity index (χ0v) is 13.7. The molecule has 0 aromatic heterocycles. The fourth-order valence-electron chi connectivity index (χ4n) is 2.06. The van der Waals surface area contributed by atoms with Gasteiger partial charge in [0.05, 0.1) is 12.4 Å². The van der Waals surface area contributed by atoms with Gasteiger partial charge in [-0.2, -0.15) is 0 Å². The summed E-state index contributed by atoms with van der Waals surface area (Å²) in [5.74, 6) is 0.729. The second kappa shape index (κ2) is 7.41. The molecule has 0 aliphatic carbocycles. The third kappa shape index (κ3) is 3.66. The Balaban J connectivity index is 2.54. The molecule has 4 nitrogen and oxygen atoms in total. The SMILES string of the molecule is COc1ccc(/C(=C\c2ccccc2)P(=O)(OC)OC)cc1. The molecule has 0 N–H and O–H groups in total. The number of benzene rings is 2. The van der Waals surface area contributed by atoms with Crippen molar-refractivity contribution in [3.8, 4) is 5.75 Å². The third-order valence-electron chi connectivity index (χ3n) is 3.26. The average molecular weight is 318 g/mol. The maximum Gasteiger partial charge on any atom is 0.361 e. The highest BCUT2D eigenvalue weighted by Gasteiger charge is 2.28. The maximum atomic E-state index is 12.9. The number of ether oxygens (including phenoxy) is 1. The molecule has 0 saturated carbocycles. The van der Waals surface area contributed by atoms with Crippen molar-refractivity contribution in [3.63, 3.8) is 0 Å². The summed E-state index contributed by atoms with van der Waals surface area (Å²) >= 11 is 0. The van der Waals surface area contributed by atoms with E-state index in [9.17, 15) is 4.57 Å². The lowest BCUT2D eigenvalue weighted by atomic mass is 10.1. The average Bonchev–Trinajstić information content (AvgIpc) is 2.60. The van der Waals surface area contributed by atoms with Gasteiger partial charge in [0.25, 0.3) is 0 Å². The second-order valence-corrected chi connectivity index (χ2v) is 6.74. The van der Waals surface area contributed by atoms with Gasteiger partial charge in [0, 0.05) is 14.2 Å². The Bertz CT molecular complexity index is 670. The summed E-state index contributed by atoms with van der Waals surface area (Å²) in [6.45, 7) is 0. The van der Waals surface area contributed by atoms with Gasteiger partial charge in [-0.15, -0.1) is 0 Å². The summed E-state index contributed by atoms with van der Waals surface area (Å²) in [6.07, 6.45) is 1.82. The molecule has 0 unspecified atom stereocenters. The Hall–Kier alpha value is -1.87. The van der Waals surface area contributed by atoms with E-state index in [0.29, 0.717) is 5.31 Å². The minimum Gasteiger partial charge on any atom is -0.497 e. The Morgan fingerprint density at radius 2 is 1.50 bits per heavy atom. The monoisotopic (exact) mass is 318 g/mol. The molecular weight excluding hydrogens is 299 g/mol. The van der Waals surface area contributed by atoms with Crippen molar-refractivity contribution in [2.45, 2.75) is 0 Å². The molecular formula is C17H19O4P. The Morgan fingerprint density at radius 1 is 0.909 bits per heavy atom. The first-order chi connectivity index (χ1) is 10.6. The largest absolute Gasteiger partial charge is 0.497 e. The molecule has 0 spiro atoms. The van der Waals surface area contributed by atoms with Gasteiger partial charge in [0.2, 0.25) is 0 Å². The van der Waals surface area contributed by atoms with Gasteiger partial charge in [0.1, 0.15) is 5.75 Å². The first-order valence-electron chi connectivity index (χ1n) is 6.76. The molecule has 22 heavy (non-hydrogen) atoms. The maximum absolute atomic E-state index is 12.9. The minimum absolute atomic E-state index is 0.506. The van der Waals surface area contributed by atoms with Crippen LogP contribution in [0.1, 0.15) is 11.1 Å². The van der Waals surface area contributed by atoms with E-state index < -0.39 is 7.60 Å². The quantitative estimate of drug-likeness (QED) is 0.573. The van der Waals surface area contributed by atoms with E-state index in [4.69, 9.17) is 13.8 Å². The summed E-state index contributed by atoms with van der Waals surface area (Å²) in [5.41, 5.74) is 1.68. The Kier molecular flexibility index (Phi) is 5.56. The Morgan fingerprint density at radius 3 is 2.00 bits per heavy atom. The lowest BCUT2D eigenvalue weighted by Gasteiger charge is -2.18. The van der Waals surface area contributed by atoms with Crippen molar-refractivity contribution in [1.29, 1.82) is 0 Å². The van der Waals surface area contributed by atoms with E-state index in [1.165, 1.54) is 14.2 Å². The molecule has 0 atom stereocenters. The van der Waals surface area contributed by atoms with Gasteiger partial charge in [-0.3, -0.25) is 4.57 Å². The molecule has 2 aromatic rings. The predicted octanol–water partition coefficient (Wildman–Crippen LogP) is 4.68. The number of rotatable bonds is 6. The minimum atomic E-state index is -3.38. The van der Waals surface area contributed by atoms with Crippen molar-refractivity contribution in [2.24, 2.45) is 0 Å². The predicted molar refractivity (Wildman–Crippen MR) is 88.9 cm³/mol. The van der Waals surface area contributed by atoms with Crippen molar-refractivity contribution in [3.05, 3.63) is 65.7 Å². The molecule has 2 aromatic carbocycles. The second-order valence-electron chi connectivity index (χ2n) is 4.53. The summed E-state index contributed by atoms with van der Waals surface area (Å²) in [6, 6.07) is 16.9. The van der Waals surface area contributed by atoms with Crippen LogP contribution in [-0.2, 0) is 13.6 Å². The van der Waals surface area contributed by atoms with Gasteiger partial charge in [-0.25, -0.2) is 0 Å². The summed E-state index contributed by atoms with van der Waals surface area (Å²) in [4.78, 5) is 0. The first kappa shape index (κ1) is 16.5. The zero-order chi connectivity index (χ0) is 16.0. The molecule has 0 saturated heterocycles. The van der Waals surface area contributed by atoms with E-state index in [1.807, 2.05) is 60.7 Å². The topological polar surface area (TPSA) is 44.8 Å². The Labute approximate surface area is 130 Å². The van der Waals surface area contributed by atoms with Crippen LogP contribution in [0, 0.1) is 0 Å². The van der Waals surface area contributed by atoms with Crippen molar-refractivity contribution >= 4 is 19.0 Å². The van der Waals surface area contributed by atoms with Gasteiger partial charge in [0.15, 0.2) is 0 Å². The number of hydrogen-bond acceptors (Lipinski definition) is 4. The molecule has 2 rings (SSSR count). The normalized spacial score (nSPS) is 12.2. The van der Waals surface area contributed by atoms with Gasteiger partial charge >= 0.3 is 7.60 Å². The zero-order valence-electron chi connectivity index (χ0n) is 12.9. The van der Waals surface area contributed by atoms with Crippen LogP contribution in [0.5, 0.6) is 5.75 Å².